The van der Waals surface area contributed by atoms with Crippen molar-refractivity contribution in [1.82, 2.24) is 0 Å². The van der Waals surface area contributed by atoms with Crippen LogP contribution in [0.3, 0.4) is 0 Å². The topological polar surface area (TPSA) is 49.5 Å². The Hall–Kier alpha value is -1.22. The van der Waals surface area contributed by atoms with E-state index in [1.807, 2.05) is 19.2 Å². The molecule has 13 heavy (non-hydrogen) atoms. The molecule has 0 amide bonds. The highest BCUT2D eigenvalue weighted by atomic mass is 16.3. The Kier molecular flexibility index (Phi) is 1.88. The van der Waals surface area contributed by atoms with Gasteiger partial charge in [-0.25, -0.2) is 0 Å². The summed E-state index contributed by atoms with van der Waals surface area (Å²) >= 11 is 0. The van der Waals surface area contributed by atoms with Crippen molar-refractivity contribution in [3.05, 3.63) is 23.3 Å². The van der Waals surface area contributed by atoms with E-state index in [1.54, 1.807) is 0 Å². The third-order valence-electron chi connectivity index (χ3n) is 2.67. The number of benzene rings is 1. The molecule has 0 atom stereocenters. The van der Waals surface area contributed by atoms with Gasteiger partial charge in [0.25, 0.3) is 0 Å². The van der Waals surface area contributed by atoms with Gasteiger partial charge in [0.2, 0.25) is 0 Å². The maximum atomic E-state index is 9.82. The Bertz CT molecular complexity index is 336. The van der Waals surface area contributed by atoms with Crippen molar-refractivity contribution >= 4 is 5.69 Å². The van der Waals surface area contributed by atoms with Crippen molar-refractivity contribution in [2.24, 2.45) is 5.73 Å². The van der Waals surface area contributed by atoms with Crippen molar-refractivity contribution in [3.8, 4) is 5.75 Å². The first-order chi connectivity index (χ1) is 6.24. The fraction of sp³-hybridized carbons (Fsp3) is 0.400. The van der Waals surface area contributed by atoms with E-state index in [2.05, 4.69) is 4.90 Å². The molecule has 0 aromatic heterocycles. The van der Waals surface area contributed by atoms with Gasteiger partial charge in [-0.3, -0.25) is 0 Å². The van der Waals surface area contributed by atoms with E-state index in [0.717, 1.165) is 29.8 Å². The SMILES string of the molecule is CN1CCc2c1ccc(CN)c2O. The molecule has 0 spiro atoms. The van der Waals surface area contributed by atoms with Gasteiger partial charge in [0.05, 0.1) is 0 Å². The Morgan fingerprint density at radius 3 is 3.00 bits per heavy atom. The van der Waals surface area contributed by atoms with Crippen molar-refractivity contribution in [3.63, 3.8) is 0 Å². The van der Waals surface area contributed by atoms with Gasteiger partial charge < -0.3 is 15.7 Å². The summed E-state index contributed by atoms with van der Waals surface area (Å²) in [4.78, 5) is 2.15. The van der Waals surface area contributed by atoms with Crippen LogP contribution in [-0.2, 0) is 13.0 Å². The minimum absolute atomic E-state index is 0.393. The van der Waals surface area contributed by atoms with Gasteiger partial charge in [-0.05, 0) is 12.5 Å². The van der Waals surface area contributed by atoms with Crippen LogP contribution >= 0.6 is 0 Å². The number of nitrogens with zero attached hydrogens (tertiary/aromatic N) is 1. The van der Waals surface area contributed by atoms with Crippen molar-refractivity contribution in [1.29, 1.82) is 0 Å². The summed E-state index contributed by atoms with van der Waals surface area (Å²) in [6.45, 7) is 1.39. The summed E-state index contributed by atoms with van der Waals surface area (Å²) in [5, 5.41) is 9.82. The van der Waals surface area contributed by atoms with E-state index < -0.39 is 0 Å². The number of phenolic OH excluding ortho intramolecular Hbond substituents is 1. The van der Waals surface area contributed by atoms with Gasteiger partial charge in [0.1, 0.15) is 5.75 Å². The van der Waals surface area contributed by atoms with Gasteiger partial charge in [-0.15, -0.1) is 0 Å². The molecule has 0 saturated heterocycles. The molecule has 3 heteroatoms. The fourth-order valence-electron chi connectivity index (χ4n) is 1.84. The number of fused-ring (bicyclic) bond motifs is 1. The molecule has 0 unspecified atom stereocenters. The molecule has 1 aliphatic rings. The van der Waals surface area contributed by atoms with E-state index in [4.69, 9.17) is 5.73 Å². The Morgan fingerprint density at radius 2 is 2.31 bits per heavy atom. The maximum absolute atomic E-state index is 9.82. The lowest BCUT2D eigenvalue weighted by Crippen LogP contribution is -2.12. The lowest BCUT2D eigenvalue weighted by Gasteiger charge is -2.13. The highest BCUT2D eigenvalue weighted by Crippen LogP contribution is 2.35. The van der Waals surface area contributed by atoms with Crippen LogP contribution < -0.4 is 10.6 Å². The number of hydrogen-bond donors (Lipinski definition) is 2. The van der Waals surface area contributed by atoms with Gasteiger partial charge >= 0.3 is 0 Å². The van der Waals surface area contributed by atoms with Crippen LogP contribution in [0.1, 0.15) is 11.1 Å². The molecule has 0 aliphatic carbocycles. The third kappa shape index (κ3) is 1.16. The maximum Gasteiger partial charge on any atom is 0.125 e. The van der Waals surface area contributed by atoms with Crippen LogP contribution in [0.25, 0.3) is 0 Å². The quantitative estimate of drug-likeness (QED) is 0.670. The second kappa shape index (κ2) is 2.92. The average molecular weight is 178 g/mol. The molecule has 0 fully saturated rings. The van der Waals surface area contributed by atoms with Crippen LogP contribution in [0, 0.1) is 0 Å². The summed E-state index contributed by atoms with van der Waals surface area (Å²) in [6.07, 6.45) is 0.922. The number of nitrogens with two attached hydrogens (primary N) is 1. The second-order valence-corrected chi connectivity index (χ2v) is 3.45. The molecule has 1 aromatic rings. The first kappa shape index (κ1) is 8.38. The minimum atomic E-state index is 0.393. The van der Waals surface area contributed by atoms with Crippen molar-refractivity contribution in [2.75, 3.05) is 18.5 Å². The van der Waals surface area contributed by atoms with Crippen LogP contribution in [0.5, 0.6) is 5.75 Å². The van der Waals surface area contributed by atoms with Gasteiger partial charge in [0.15, 0.2) is 0 Å². The zero-order valence-corrected chi connectivity index (χ0v) is 7.75. The molecular formula is C10H14N2O. The summed E-state index contributed by atoms with van der Waals surface area (Å²) in [6, 6.07) is 3.93. The standard InChI is InChI=1S/C10H14N2O/c1-12-5-4-8-9(12)3-2-7(6-11)10(8)13/h2-3,13H,4-6,11H2,1H3. The fourth-order valence-corrected chi connectivity index (χ4v) is 1.84. The molecule has 70 valence electrons. The first-order valence-corrected chi connectivity index (χ1v) is 4.49. The highest BCUT2D eigenvalue weighted by molar-refractivity contribution is 5.64. The van der Waals surface area contributed by atoms with Crippen LogP contribution in [-0.4, -0.2) is 18.7 Å². The number of phenols is 1. The summed E-state index contributed by atoms with van der Waals surface area (Å²) in [5.41, 5.74) is 8.53. The third-order valence-corrected chi connectivity index (χ3v) is 2.67. The van der Waals surface area contributed by atoms with Crippen LogP contribution in [0.4, 0.5) is 5.69 Å². The monoisotopic (exact) mass is 178 g/mol. The average Bonchev–Trinajstić information content (AvgIpc) is 2.50. The van der Waals surface area contributed by atoms with Crippen molar-refractivity contribution in [2.45, 2.75) is 13.0 Å². The molecule has 0 radical (unpaired) electrons. The Balaban J connectivity index is 2.54. The lowest BCUT2D eigenvalue weighted by atomic mass is 10.1. The lowest BCUT2D eigenvalue weighted by molar-refractivity contribution is 0.463. The number of likely N-dealkylation sites (N-methyl/N-ethyl adjacent to an activating group) is 1. The molecule has 3 N–H and O–H groups in total. The molecule has 0 bridgehead atoms. The van der Waals surface area contributed by atoms with E-state index >= 15 is 0 Å². The molecular weight excluding hydrogens is 164 g/mol. The Labute approximate surface area is 77.8 Å². The molecule has 1 heterocycles. The predicted molar refractivity (Wildman–Crippen MR) is 53.0 cm³/mol. The van der Waals surface area contributed by atoms with Crippen molar-refractivity contribution < 1.29 is 5.11 Å². The molecule has 1 aromatic carbocycles. The van der Waals surface area contributed by atoms with Crippen LogP contribution in [0.2, 0.25) is 0 Å². The van der Waals surface area contributed by atoms with Gasteiger partial charge in [-0.2, -0.15) is 0 Å². The smallest absolute Gasteiger partial charge is 0.125 e. The minimum Gasteiger partial charge on any atom is -0.507 e. The van der Waals surface area contributed by atoms with Crippen LogP contribution in [0.15, 0.2) is 12.1 Å². The van der Waals surface area contributed by atoms with Gasteiger partial charge in [0, 0.05) is 37.0 Å². The molecule has 3 nitrogen and oxygen atoms in total. The largest absolute Gasteiger partial charge is 0.507 e. The molecule has 1 aliphatic heterocycles. The van der Waals surface area contributed by atoms with E-state index in [0.29, 0.717) is 12.3 Å². The number of rotatable bonds is 1. The summed E-state index contributed by atoms with van der Waals surface area (Å²) in [7, 11) is 2.04. The van der Waals surface area contributed by atoms with Gasteiger partial charge in [-0.1, -0.05) is 6.07 Å². The van der Waals surface area contributed by atoms with E-state index in [9.17, 15) is 5.11 Å². The second-order valence-electron chi connectivity index (χ2n) is 3.45. The molecule has 2 rings (SSSR count). The predicted octanol–water partition coefficient (Wildman–Crippen LogP) is 0.843. The number of hydrogen-bond acceptors (Lipinski definition) is 3. The number of anilines is 1. The zero-order chi connectivity index (χ0) is 9.42. The normalized spacial score (nSPS) is 14.8. The van der Waals surface area contributed by atoms with E-state index in [1.165, 1.54) is 0 Å². The van der Waals surface area contributed by atoms with E-state index in [-0.39, 0.29) is 0 Å². The number of aromatic hydroxyl groups is 1. The zero-order valence-electron chi connectivity index (χ0n) is 7.75. The Morgan fingerprint density at radius 1 is 1.54 bits per heavy atom. The summed E-state index contributed by atoms with van der Waals surface area (Å²) < 4.78 is 0. The highest BCUT2D eigenvalue weighted by Gasteiger charge is 2.20. The summed E-state index contributed by atoms with van der Waals surface area (Å²) in [5.74, 6) is 0.393. The first-order valence-electron chi connectivity index (χ1n) is 4.49. The molecule has 0 saturated carbocycles.